The van der Waals surface area contributed by atoms with E-state index in [2.05, 4.69) is 19.2 Å². The summed E-state index contributed by atoms with van der Waals surface area (Å²) in [5.41, 5.74) is 6.29. The molecule has 0 aliphatic rings. The van der Waals surface area contributed by atoms with Crippen LogP contribution in [-0.4, -0.2) is 26.3 Å². The van der Waals surface area contributed by atoms with Gasteiger partial charge < -0.3 is 11.1 Å². The fourth-order valence-corrected chi connectivity index (χ4v) is 3.77. The average Bonchev–Trinajstić information content (AvgIpc) is 2.45. The van der Waals surface area contributed by atoms with E-state index in [1.54, 1.807) is 12.1 Å². The van der Waals surface area contributed by atoms with Crippen molar-refractivity contribution in [2.45, 2.75) is 50.5 Å². The monoisotopic (exact) mass is 298 g/mol. The van der Waals surface area contributed by atoms with Crippen LogP contribution < -0.4 is 11.1 Å². The highest BCUT2D eigenvalue weighted by atomic mass is 32.2. The lowest BCUT2D eigenvalue weighted by Crippen LogP contribution is -2.44. The zero-order chi connectivity index (χ0) is 15.2. The fourth-order valence-electron chi connectivity index (χ4n) is 2.27. The Hall–Kier alpha value is -1.07. The van der Waals surface area contributed by atoms with E-state index in [9.17, 15) is 8.42 Å². The Kier molecular flexibility index (Phi) is 6.02. The molecule has 0 atom stereocenters. The Morgan fingerprint density at radius 3 is 2.25 bits per heavy atom. The van der Waals surface area contributed by atoms with Crippen molar-refractivity contribution in [1.29, 1.82) is 0 Å². The van der Waals surface area contributed by atoms with Gasteiger partial charge in [0.2, 0.25) is 0 Å². The van der Waals surface area contributed by atoms with Crippen LogP contribution in [0.1, 0.15) is 40.0 Å². The Bertz CT molecular complexity index is 514. The topological polar surface area (TPSA) is 72.2 Å². The van der Waals surface area contributed by atoms with Gasteiger partial charge in [-0.1, -0.05) is 32.9 Å². The molecule has 0 aliphatic carbocycles. The Morgan fingerprint density at radius 2 is 1.75 bits per heavy atom. The molecule has 4 nitrogen and oxygen atoms in total. The average molecular weight is 298 g/mol. The molecule has 0 bridgehead atoms. The van der Waals surface area contributed by atoms with Gasteiger partial charge >= 0.3 is 0 Å². The molecule has 5 heteroatoms. The minimum absolute atomic E-state index is 0.166. The molecule has 1 rings (SSSR count). The lowest BCUT2D eigenvalue weighted by atomic mass is 9.92. The summed E-state index contributed by atoms with van der Waals surface area (Å²) in [4.78, 5) is 0.376. The molecule has 0 spiro atoms. The van der Waals surface area contributed by atoms with Gasteiger partial charge in [0, 0.05) is 12.1 Å². The van der Waals surface area contributed by atoms with Gasteiger partial charge in [-0.3, -0.25) is 0 Å². The molecule has 0 saturated heterocycles. The molecular weight excluding hydrogens is 272 g/mol. The summed E-state index contributed by atoms with van der Waals surface area (Å²) in [5, 5.41) is 3.37. The lowest BCUT2D eigenvalue weighted by Gasteiger charge is -2.33. The molecule has 0 fully saturated rings. The van der Waals surface area contributed by atoms with Crippen molar-refractivity contribution >= 4 is 15.5 Å². The summed E-state index contributed by atoms with van der Waals surface area (Å²) < 4.78 is 24.7. The summed E-state index contributed by atoms with van der Waals surface area (Å²) in [5.74, 6) is 0.166. The summed E-state index contributed by atoms with van der Waals surface area (Å²) in [6.45, 7) is 6.47. The van der Waals surface area contributed by atoms with Crippen LogP contribution in [0.2, 0.25) is 0 Å². The number of hydrogen-bond donors (Lipinski definition) is 2. The highest BCUT2D eigenvalue weighted by Crippen LogP contribution is 2.28. The van der Waals surface area contributed by atoms with E-state index in [-0.39, 0.29) is 11.3 Å². The Morgan fingerprint density at radius 1 is 1.15 bits per heavy atom. The molecule has 114 valence electrons. The molecule has 0 aliphatic heterocycles. The molecule has 0 unspecified atom stereocenters. The SMILES string of the molecule is CCCS(=O)(=O)c1ccccc1NC(CC)(CC)CN. The minimum atomic E-state index is -3.24. The van der Waals surface area contributed by atoms with Gasteiger partial charge in [-0.2, -0.15) is 0 Å². The van der Waals surface area contributed by atoms with Crippen LogP contribution in [0.25, 0.3) is 0 Å². The highest BCUT2D eigenvalue weighted by molar-refractivity contribution is 7.91. The van der Waals surface area contributed by atoms with Crippen LogP contribution >= 0.6 is 0 Å². The van der Waals surface area contributed by atoms with E-state index in [4.69, 9.17) is 5.73 Å². The third-order valence-electron chi connectivity index (χ3n) is 3.84. The van der Waals surface area contributed by atoms with Crippen LogP contribution in [0.15, 0.2) is 29.2 Å². The van der Waals surface area contributed by atoms with Crippen LogP contribution in [0.5, 0.6) is 0 Å². The van der Waals surface area contributed by atoms with E-state index in [1.807, 2.05) is 19.1 Å². The normalized spacial score (nSPS) is 12.4. The second-order valence-electron chi connectivity index (χ2n) is 5.13. The molecule has 0 heterocycles. The first-order chi connectivity index (χ1) is 9.44. The Balaban J connectivity index is 3.21. The van der Waals surface area contributed by atoms with Crippen LogP contribution in [-0.2, 0) is 9.84 Å². The second kappa shape index (κ2) is 7.09. The van der Waals surface area contributed by atoms with Crippen molar-refractivity contribution < 1.29 is 8.42 Å². The number of nitrogens with one attached hydrogen (secondary N) is 1. The zero-order valence-corrected chi connectivity index (χ0v) is 13.5. The highest BCUT2D eigenvalue weighted by Gasteiger charge is 2.27. The number of rotatable bonds is 8. The summed E-state index contributed by atoms with van der Waals surface area (Å²) in [7, 11) is -3.24. The minimum Gasteiger partial charge on any atom is -0.377 e. The quantitative estimate of drug-likeness (QED) is 0.774. The number of sulfone groups is 1. The van der Waals surface area contributed by atoms with Gasteiger partial charge in [0.15, 0.2) is 9.84 Å². The van der Waals surface area contributed by atoms with Gasteiger partial charge in [0.25, 0.3) is 0 Å². The lowest BCUT2D eigenvalue weighted by molar-refractivity contribution is 0.444. The largest absolute Gasteiger partial charge is 0.377 e. The third-order valence-corrected chi connectivity index (χ3v) is 5.81. The summed E-state index contributed by atoms with van der Waals surface area (Å²) >= 11 is 0. The maximum Gasteiger partial charge on any atom is 0.180 e. The second-order valence-corrected chi connectivity index (χ2v) is 7.21. The van der Waals surface area contributed by atoms with Crippen molar-refractivity contribution in [3.05, 3.63) is 24.3 Å². The standard InChI is InChI=1S/C15H26N2O2S/c1-4-11-20(18,19)14-10-8-7-9-13(14)17-15(5-2,6-3)12-16/h7-10,17H,4-6,11-12,16H2,1-3H3. The van der Waals surface area contributed by atoms with Crippen LogP contribution in [0.3, 0.4) is 0 Å². The van der Waals surface area contributed by atoms with Gasteiger partial charge in [-0.15, -0.1) is 0 Å². The third kappa shape index (κ3) is 3.73. The van der Waals surface area contributed by atoms with Gasteiger partial charge in [0.05, 0.1) is 16.3 Å². The summed E-state index contributed by atoms with van der Waals surface area (Å²) in [6, 6.07) is 7.09. The van der Waals surface area contributed by atoms with Crippen molar-refractivity contribution in [1.82, 2.24) is 0 Å². The first kappa shape index (κ1) is 17.0. The first-order valence-electron chi connectivity index (χ1n) is 7.24. The maximum atomic E-state index is 12.3. The Labute approximate surface area is 122 Å². The maximum absolute atomic E-state index is 12.3. The fraction of sp³-hybridized carbons (Fsp3) is 0.600. The predicted octanol–water partition coefficient (Wildman–Crippen LogP) is 2.80. The first-order valence-corrected chi connectivity index (χ1v) is 8.90. The van der Waals surface area contributed by atoms with E-state index >= 15 is 0 Å². The zero-order valence-electron chi connectivity index (χ0n) is 12.6. The van der Waals surface area contributed by atoms with E-state index < -0.39 is 9.84 Å². The van der Waals surface area contributed by atoms with Crippen molar-refractivity contribution in [3.8, 4) is 0 Å². The molecule has 1 aromatic rings. The molecule has 0 aromatic heterocycles. The predicted molar refractivity (Wildman–Crippen MR) is 84.8 cm³/mol. The number of hydrogen-bond acceptors (Lipinski definition) is 4. The number of benzene rings is 1. The number of nitrogens with two attached hydrogens (primary N) is 1. The van der Waals surface area contributed by atoms with E-state index in [1.165, 1.54) is 0 Å². The van der Waals surface area contributed by atoms with Gasteiger partial charge in [0.1, 0.15) is 0 Å². The van der Waals surface area contributed by atoms with Crippen molar-refractivity contribution in [2.24, 2.45) is 5.73 Å². The number of para-hydroxylation sites is 1. The molecular formula is C15H26N2O2S. The molecule has 0 radical (unpaired) electrons. The van der Waals surface area contributed by atoms with Crippen molar-refractivity contribution in [2.75, 3.05) is 17.6 Å². The van der Waals surface area contributed by atoms with Gasteiger partial charge in [-0.25, -0.2) is 8.42 Å². The van der Waals surface area contributed by atoms with Crippen molar-refractivity contribution in [3.63, 3.8) is 0 Å². The molecule has 3 N–H and O–H groups in total. The van der Waals surface area contributed by atoms with Crippen LogP contribution in [0, 0.1) is 0 Å². The number of anilines is 1. The van der Waals surface area contributed by atoms with Crippen LogP contribution in [0.4, 0.5) is 5.69 Å². The summed E-state index contributed by atoms with van der Waals surface area (Å²) in [6.07, 6.45) is 2.31. The smallest absolute Gasteiger partial charge is 0.180 e. The van der Waals surface area contributed by atoms with Gasteiger partial charge in [-0.05, 0) is 31.4 Å². The molecule has 20 heavy (non-hydrogen) atoms. The molecule has 1 aromatic carbocycles. The van der Waals surface area contributed by atoms with E-state index in [0.717, 1.165) is 12.8 Å². The molecule has 0 amide bonds. The van der Waals surface area contributed by atoms with E-state index in [0.29, 0.717) is 23.5 Å². The molecule has 0 saturated carbocycles.